The van der Waals surface area contributed by atoms with Gasteiger partial charge < -0.3 is 0 Å². The summed E-state index contributed by atoms with van der Waals surface area (Å²) in [6, 6.07) is 0. The lowest BCUT2D eigenvalue weighted by Crippen LogP contribution is -1.88. The summed E-state index contributed by atoms with van der Waals surface area (Å²) in [5.41, 5.74) is 1.07. The zero-order valence-electron chi connectivity index (χ0n) is 4.73. The molecule has 48 valence electrons. The molecular formula is C5H4BrIN2. The number of halogens is 2. The predicted octanol–water partition coefficient (Wildman–Crippen LogP) is 2.15. The van der Waals surface area contributed by atoms with E-state index >= 15 is 0 Å². The maximum absolute atomic E-state index is 4.07. The topological polar surface area (TPSA) is 25.8 Å². The average molecular weight is 299 g/mol. The Kier molecular flexibility index (Phi) is 2.40. The Morgan fingerprint density at radius 1 is 1.67 bits per heavy atom. The number of hydrogen-bond acceptors (Lipinski definition) is 2. The van der Waals surface area contributed by atoms with Gasteiger partial charge >= 0.3 is 0 Å². The van der Waals surface area contributed by atoms with Gasteiger partial charge in [0.1, 0.15) is 4.60 Å². The molecule has 0 unspecified atom stereocenters. The van der Waals surface area contributed by atoms with Crippen molar-refractivity contribution in [3.63, 3.8) is 0 Å². The van der Waals surface area contributed by atoms with E-state index in [0.717, 1.165) is 14.0 Å². The molecule has 0 amide bonds. The van der Waals surface area contributed by atoms with Crippen LogP contribution in [0, 0.1) is 10.8 Å². The van der Waals surface area contributed by atoms with Gasteiger partial charge in [0.15, 0.2) is 3.83 Å². The van der Waals surface area contributed by atoms with E-state index < -0.39 is 0 Å². The van der Waals surface area contributed by atoms with Gasteiger partial charge in [-0.05, 0) is 22.9 Å². The van der Waals surface area contributed by atoms with Crippen LogP contribution in [0.4, 0.5) is 0 Å². The third-order valence-electron chi connectivity index (χ3n) is 0.881. The first-order valence-corrected chi connectivity index (χ1v) is 4.22. The highest BCUT2D eigenvalue weighted by Gasteiger charge is 1.95. The first-order chi connectivity index (χ1) is 4.20. The van der Waals surface area contributed by atoms with Crippen molar-refractivity contribution < 1.29 is 0 Å². The fourth-order valence-electron chi connectivity index (χ4n) is 0.401. The van der Waals surface area contributed by atoms with Crippen LogP contribution in [-0.4, -0.2) is 9.97 Å². The summed E-state index contributed by atoms with van der Waals surface area (Å²) in [7, 11) is 0. The van der Waals surface area contributed by atoms with E-state index in [2.05, 4.69) is 48.5 Å². The highest BCUT2D eigenvalue weighted by Crippen LogP contribution is 2.11. The molecule has 0 saturated carbocycles. The molecule has 1 rings (SSSR count). The smallest absolute Gasteiger partial charge is 0.191 e. The summed E-state index contributed by atoms with van der Waals surface area (Å²) in [6.45, 7) is 1.96. The van der Waals surface area contributed by atoms with Gasteiger partial charge in [0, 0.05) is 34.4 Å². The fraction of sp³-hybridized carbons (Fsp3) is 0.200. The zero-order valence-corrected chi connectivity index (χ0v) is 8.47. The number of rotatable bonds is 0. The second-order valence-corrected chi connectivity index (χ2v) is 3.33. The van der Waals surface area contributed by atoms with E-state index in [-0.39, 0.29) is 0 Å². The molecule has 0 bridgehead atoms. The van der Waals surface area contributed by atoms with Crippen molar-refractivity contribution in [2.75, 3.05) is 0 Å². The van der Waals surface area contributed by atoms with Gasteiger partial charge in [-0.25, -0.2) is 9.97 Å². The van der Waals surface area contributed by atoms with Crippen molar-refractivity contribution in [1.82, 2.24) is 9.97 Å². The highest BCUT2D eigenvalue weighted by atomic mass is 127. The van der Waals surface area contributed by atoms with Gasteiger partial charge in [0.2, 0.25) is 0 Å². The van der Waals surface area contributed by atoms with E-state index in [1.807, 2.05) is 6.92 Å². The minimum atomic E-state index is 0.769. The molecule has 1 aromatic heterocycles. The highest BCUT2D eigenvalue weighted by molar-refractivity contribution is 14.1. The molecule has 1 heterocycles. The normalized spacial score (nSPS) is 9.67. The zero-order chi connectivity index (χ0) is 6.85. The van der Waals surface area contributed by atoms with Gasteiger partial charge in [0.25, 0.3) is 0 Å². The SMILES string of the molecule is Cc1cnc(I)nc1Br. The van der Waals surface area contributed by atoms with E-state index in [9.17, 15) is 0 Å². The summed E-state index contributed by atoms with van der Waals surface area (Å²) < 4.78 is 1.65. The first kappa shape index (κ1) is 7.40. The van der Waals surface area contributed by atoms with Crippen LogP contribution in [-0.2, 0) is 0 Å². The lowest BCUT2D eigenvalue weighted by atomic mass is 10.4. The second-order valence-electron chi connectivity index (χ2n) is 1.61. The minimum absolute atomic E-state index is 0.769. The van der Waals surface area contributed by atoms with Crippen LogP contribution in [0.15, 0.2) is 10.8 Å². The van der Waals surface area contributed by atoms with Crippen LogP contribution in [0.1, 0.15) is 5.56 Å². The molecule has 0 aliphatic heterocycles. The molecule has 0 N–H and O–H groups in total. The maximum Gasteiger partial charge on any atom is 0.191 e. The number of aromatic nitrogens is 2. The van der Waals surface area contributed by atoms with Gasteiger partial charge in [-0.15, -0.1) is 0 Å². The molecule has 0 spiro atoms. The van der Waals surface area contributed by atoms with E-state index in [1.54, 1.807) is 6.20 Å². The van der Waals surface area contributed by atoms with Crippen LogP contribution in [0.2, 0.25) is 0 Å². The molecular weight excluding hydrogens is 295 g/mol. The summed E-state index contributed by atoms with van der Waals surface area (Å²) in [5, 5.41) is 0. The van der Waals surface area contributed by atoms with Gasteiger partial charge in [0.05, 0.1) is 0 Å². The van der Waals surface area contributed by atoms with Crippen LogP contribution in [0.5, 0.6) is 0 Å². The van der Waals surface area contributed by atoms with E-state index in [4.69, 9.17) is 0 Å². The fourth-order valence-corrected chi connectivity index (χ4v) is 1.38. The van der Waals surface area contributed by atoms with Crippen molar-refractivity contribution >= 4 is 38.5 Å². The van der Waals surface area contributed by atoms with Crippen molar-refractivity contribution in [3.8, 4) is 0 Å². The molecule has 1 aromatic rings. The summed E-state index contributed by atoms with van der Waals surface area (Å²) >= 11 is 5.36. The van der Waals surface area contributed by atoms with Gasteiger partial charge in [-0.1, -0.05) is 0 Å². The molecule has 0 atom stereocenters. The molecule has 0 aromatic carbocycles. The Morgan fingerprint density at radius 2 is 2.33 bits per heavy atom. The van der Waals surface area contributed by atoms with Crippen molar-refractivity contribution in [3.05, 3.63) is 20.2 Å². The van der Waals surface area contributed by atoms with E-state index in [1.165, 1.54) is 0 Å². The minimum Gasteiger partial charge on any atom is -0.231 e. The van der Waals surface area contributed by atoms with Crippen molar-refractivity contribution in [2.24, 2.45) is 0 Å². The number of nitrogens with zero attached hydrogens (tertiary/aromatic N) is 2. The Labute approximate surface area is 75.4 Å². The monoisotopic (exact) mass is 298 g/mol. The molecule has 9 heavy (non-hydrogen) atoms. The molecule has 0 radical (unpaired) electrons. The van der Waals surface area contributed by atoms with Gasteiger partial charge in [-0.2, -0.15) is 0 Å². The quantitative estimate of drug-likeness (QED) is 0.417. The third kappa shape index (κ3) is 1.86. The molecule has 0 saturated heterocycles. The average Bonchev–Trinajstić information content (AvgIpc) is 1.80. The summed E-state index contributed by atoms with van der Waals surface area (Å²) in [5.74, 6) is 0. The third-order valence-corrected chi connectivity index (χ3v) is 2.20. The Bertz CT molecular complexity index is 226. The van der Waals surface area contributed by atoms with Crippen LogP contribution < -0.4 is 0 Å². The van der Waals surface area contributed by atoms with Crippen molar-refractivity contribution in [2.45, 2.75) is 6.92 Å². The molecule has 0 aliphatic rings. The lowest BCUT2D eigenvalue weighted by molar-refractivity contribution is 1.05. The number of hydrogen-bond donors (Lipinski definition) is 0. The molecule has 0 aliphatic carbocycles. The van der Waals surface area contributed by atoms with Crippen LogP contribution in [0.25, 0.3) is 0 Å². The van der Waals surface area contributed by atoms with Gasteiger partial charge in [-0.3, -0.25) is 0 Å². The molecule has 0 fully saturated rings. The Hall–Kier alpha value is 0.290. The maximum atomic E-state index is 4.07. The molecule has 2 nitrogen and oxygen atoms in total. The standard InChI is InChI=1S/C5H4BrIN2/c1-3-2-8-5(7)9-4(3)6/h2H,1H3. The summed E-state index contributed by atoms with van der Waals surface area (Å²) in [6.07, 6.45) is 1.79. The van der Waals surface area contributed by atoms with Crippen LogP contribution >= 0.6 is 38.5 Å². The summed E-state index contributed by atoms with van der Waals surface area (Å²) in [4.78, 5) is 8.05. The largest absolute Gasteiger partial charge is 0.231 e. The number of aryl methyl sites for hydroxylation is 1. The lowest BCUT2D eigenvalue weighted by Gasteiger charge is -1.93. The van der Waals surface area contributed by atoms with Crippen molar-refractivity contribution in [1.29, 1.82) is 0 Å². The first-order valence-electron chi connectivity index (χ1n) is 2.35. The second kappa shape index (κ2) is 2.92. The Balaban J connectivity index is 3.17. The van der Waals surface area contributed by atoms with E-state index in [0.29, 0.717) is 0 Å². The Morgan fingerprint density at radius 3 is 2.78 bits per heavy atom. The molecule has 4 heteroatoms. The van der Waals surface area contributed by atoms with Crippen LogP contribution in [0.3, 0.4) is 0 Å². The predicted molar refractivity (Wildman–Crippen MR) is 47.2 cm³/mol.